The zero-order valence-electron chi connectivity index (χ0n) is 8.93. The van der Waals surface area contributed by atoms with Gasteiger partial charge in [-0.25, -0.2) is 0 Å². The summed E-state index contributed by atoms with van der Waals surface area (Å²) in [5, 5.41) is 4.10. The van der Waals surface area contributed by atoms with Gasteiger partial charge in [-0.3, -0.25) is 9.48 Å². The smallest absolute Gasteiger partial charge is 0.323 e. The van der Waals surface area contributed by atoms with E-state index in [1.807, 2.05) is 13.2 Å². The molecule has 1 fully saturated rings. The fourth-order valence-electron chi connectivity index (χ4n) is 1.94. The van der Waals surface area contributed by atoms with Crippen LogP contribution in [-0.2, 0) is 22.0 Å². The van der Waals surface area contributed by atoms with Crippen LogP contribution in [0.3, 0.4) is 0 Å². The van der Waals surface area contributed by atoms with Gasteiger partial charge in [0.25, 0.3) is 0 Å². The number of aryl methyl sites for hydroxylation is 1. The summed E-state index contributed by atoms with van der Waals surface area (Å²) < 4.78 is 6.40. The molecular formula is C10H15N3O2. The fourth-order valence-corrected chi connectivity index (χ4v) is 1.94. The lowest BCUT2D eigenvalue weighted by atomic mass is 9.91. The molecular weight excluding hydrogens is 194 g/mol. The van der Waals surface area contributed by atoms with Gasteiger partial charge in [0, 0.05) is 18.7 Å². The van der Waals surface area contributed by atoms with Crippen molar-refractivity contribution in [3.8, 4) is 0 Å². The standard InChI is InChI=1S/C10H15N3O2/c1-13-6-7(5-12-13)10(3-4-10)8(11)9(14)15-2/h5-6,8H,3-4,11H2,1-2H3. The van der Waals surface area contributed by atoms with Gasteiger partial charge in [0.05, 0.1) is 13.3 Å². The maximum absolute atomic E-state index is 11.4. The molecule has 0 bridgehead atoms. The van der Waals surface area contributed by atoms with Gasteiger partial charge in [-0.1, -0.05) is 0 Å². The number of rotatable bonds is 3. The van der Waals surface area contributed by atoms with Crippen LogP contribution in [0.4, 0.5) is 0 Å². The second kappa shape index (κ2) is 3.34. The molecule has 2 rings (SSSR count). The zero-order chi connectivity index (χ0) is 11.1. The molecule has 0 aromatic carbocycles. The van der Waals surface area contributed by atoms with E-state index in [1.165, 1.54) is 7.11 Å². The SMILES string of the molecule is COC(=O)C(N)C1(c2cnn(C)c2)CC1. The molecule has 0 aliphatic heterocycles. The van der Waals surface area contributed by atoms with Gasteiger partial charge in [-0.15, -0.1) is 0 Å². The van der Waals surface area contributed by atoms with Crippen molar-refractivity contribution in [1.29, 1.82) is 0 Å². The Hall–Kier alpha value is -1.36. The van der Waals surface area contributed by atoms with E-state index in [9.17, 15) is 4.79 Å². The van der Waals surface area contributed by atoms with Crippen LogP contribution in [0.15, 0.2) is 12.4 Å². The van der Waals surface area contributed by atoms with Gasteiger partial charge in [-0.2, -0.15) is 5.10 Å². The van der Waals surface area contributed by atoms with Crippen LogP contribution in [0.25, 0.3) is 0 Å². The molecule has 1 aromatic heterocycles. The number of ether oxygens (including phenoxy) is 1. The van der Waals surface area contributed by atoms with E-state index in [1.54, 1.807) is 10.9 Å². The van der Waals surface area contributed by atoms with E-state index in [0.29, 0.717) is 0 Å². The minimum atomic E-state index is -0.577. The van der Waals surface area contributed by atoms with Crippen LogP contribution in [0, 0.1) is 0 Å². The molecule has 0 radical (unpaired) electrons. The van der Waals surface area contributed by atoms with Crippen LogP contribution in [0.2, 0.25) is 0 Å². The van der Waals surface area contributed by atoms with E-state index in [4.69, 9.17) is 5.73 Å². The van der Waals surface area contributed by atoms with Crippen LogP contribution >= 0.6 is 0 Å². The molecule has 1 aromatic rings. The van der Waals surface area contributed by atoms with E-state index in [-0.39, 0.29) is 11.4 Å². The monoisotopic (exact) mass is 209 g/mol. The van der Waals surface area contributed by atoms with E-state index < -0.39 is 6.04 Å². The highest BCUT2D eigenvalue weighted by Gasteiger charge is 2.53. The van der Waals surface area contributed by atoms with E-state index >= 15 is 0 Å². The summed E-state index contributed by atoms with van der Waals surface area (Å²) in [6.07, 6.45) is 5.54. The lowest BCUT2D eigenvalue weighted by molar-refractivity contribution is -0.143. The molecule has 1 atom stereocenters. The Morgan fingerprint density at radius 1 is 1.73 bits per heavy atom. The first-order chi connectivity index (χ1) is 7.10. The largest absolute Gasteiger partial charge is 0.468 e. The molecule has 15 heavy (non-hydrogen) atoms. The molecule has 1 saturated carbocycles. The van der Waals surface area contributed by atoms with Crippen molar-refractivity contribution in [3.63, 3.8) is 0 Å². The fraction of sp³-hybridized carbons (Fsp3) is 0.600. The van der Waals surface area contributed by atoms with Crippen molar-refractivity contribution in [3.05, 3.63) is 18.0 Å². The van der Waals surface area contributed by atoms with Crippen LogP contribution in [-0.4, -0.2) is 28.9 Å². The Morgan fingerprint density at radius 2 is 2.40 bits per heavy atom. The third-order valence-electron chi connectivity index (χ3n) is 3.12. The summed E-state index contributed by atoms with van der Waals surface area (Å²) in [6.45, 7) is 0. The predicted molar refractivity (Wildman–Crippen MR) is 54.1 cm³/mol. The second-order valence-electron chi connectivity index (χ2n) is 4.06. The number of carbonyl (C=O) groups is 1. The minimum absolute atomic E-state index is 0.235. The van der Waals surface area contributed by atoms with Crippen molar-refractivity contribution in [1.82, 2.24) is 9.78 Å². The summed E-state index contributed by atoms with van der Waals surface area (Å²) in [6, 6.07) is -0.577. The molecule has 1 aliphatic rings. The summed E-state index contributed by atoms with van der Waals surface area (Å²) in [7, 11) is 3.21. The number of aromatic nitrogens is 2. The molecule has 0 spiro atoms. The maximum Gasteiger partial charge on any atom is 0.323 e. The predicted octanol–water partition coefficient (Wildman–Crippen LogP) is -0.0480. The number of nitrogens with zero attached hydrogens (tertiary/aromatic N) is 2. The van der Waals surface area contributed by atoms with Gasteiger partial charge in [0.2, 0.25) is 0 Å². The Bertz CT molecular complexity index is 382. The number of esters is 1. The van der Waals surface area contributed by atoms with Gasteiger partial charge < -0.3 is 10.5 Å². The normalized spacial score (nSPS) is 19.7. The molecule has 5 heteroatoms. The third-order valence-corrected chi connectivity index (χ3v) is 3.12. The molecule has 2 N–H and O–H groups in total. The third kappa shape index (κ3) is 1.52. The summed E-state index contributed by atoms with van der Waals surface area (Å²) >= 11 is 0. The quantitative estimate of drug-likeness (QED) is 0.709. The number of hydrogen-bond donors (Lipinski definition) is 1. The lowest BCUT2D eigenvalue weighted by Gasteiger charge is -2.19. The topological polar surface area (TPSA) is 70.1 Å². The summed E-state index contributed by atoms with van der Waals surface area (Å²) in [5.41, 5.74) is 6.69. The Morgan fingerprint density at radius 3 is 2.80 bits per heavy atom. The van der Waals surface area contributed by atoms with Gasteiger partial charge >= 0.3 is 5.97 Å². The molecule has 0 amide bonds. The first kappa shape index (κ1) is 10.2. The van der Waals surface area contributed by atoms with Crippen LogP contribution < -0.4 is 5.73 Å². The Labute approximate surface area is 88.2 Å². The van der Waals surface area contributed by atoms with Crippen molar-refractivity contribution in [2.24, 2.45) is 12.8 Å². The van der Waals surface area contributed by atoms with Crippen molar-refractivity contribution in [2.45, 2.75) is 24.3 Å². The second-order valence-corrected chi connectivity index (χ2v) is 4.06. The zero-order valence-corrected chi connectivity index (χ0v) is 8.93. The number of hydrogen-bond acceptors (Lipinski definition) is 4. The van der Waals surface area contributed by atoms with Gasteiger partial charge in [-0.05, 0) is 18.4 Å². The molecule has 0 saturated heterocycles. The molecule has 1 aliphatic carbocycles. The van der Waals surface area contributed by atoms with E-state index in [2.05, 4.69) is 9.84 Å². The average Bonchev–Trinajstić information content (AvgIpc) is 2.94. The highest BCUT2D eigenvalue weighted by Crippen LogP contribution is 2.50. The highest BCUT2D eigenvalue weighted by atomic mass is 16.5. The van der Waals surface area contributed by atoms with Crippen molar-refractivity contribution < 1.29 is 9.53 Å². The van der Waals surface area contributed by atoms with Gasteiger partial charge in [0.15, 0.2) is 0 Å². The number of carbonyl (C=O) groups excluding carboxylic acids is 1. The van der Waals surface area contributed by atoms with Crippen molar-refractivity contribution >= 4 is 5.97 Å². The number of nitrogens with two attached hydrogens (primary N) is 1. The Kier molecular flexibility index (Phi) is 2.26. The van der Waals surface area contributed by atoms with E-state index in [0.717, 1.165) is 18.4 Å². The number of methoxy groups -OCH3 is 1. The highest BCUT2D eigenvalue weighted by molar-refractivity contribution is 5.78. The first-order valence-electron chi connectivity index (χ1n) is 4.93. The molecule has 5 nitrogen and oxygen atoms in total. The minimum Gasteiger partial charge on any atom is -0.468 e. The van der Waals surface area contributed by atoms with Crippen molar-refractivity contribution in [2.75, 3.05) is 7.11 Å². The molecule has 82 valence electrons. The van der Waals surface area contributed by atoms with Gasteiger partial charge in [0.1, 0.15) is 6.04 Å². The molecule has 1 heterocycles. The summed E-state index contributed by atoms with van der Waals surface area (Å²) in [5.74, 6) is -0.351. The summed E-state index contributed by atoms with van der Waals surface area (Å²) in [4.78, 5) is 11.4. The van der Waals surface area contributed by atoms with Crippen LogP contribution in [0.1, 0.15) is 18.4 Å². The van der Waals surface area contributed by atoms with Crippen LogP contribution in [0.5, 0.6) is 0 Å². The maximum atomic E-state index is 11.4. The first-order valence-corrected chi connectivity index (χ1v) is 4.93. The molecule has 1 unspecified atom stereocenters. The average molecular weight is 209 g/mol. The lowest BCUT2D eigenvalue weighted by Crippen LogP contribution is -2.42. The Balaban J connectivity index is 2.24.